The molecule has 5 nitrogen and oxygen atoms in total. The van der Waals surface area contributed by atoms with Crippen molar-refractivity contribution in [3.05, 3.63) is 23.5 Å². The molecule has 2 N–H and O–H groups in total. The molecule has 0 spiro atoms. The van der Waals surface area contributed by atoms with E-state index < -0.39 is 0 Å². The van der Waals surface area contributed by atoms with Gasteiger partial charge in [0.2, 0.25) is 0 Å². The number of benzene rings is 1. The fourth-order valence-corrected chi connectivity index (χ4v) is 2.87. The molecule has 0 aliphatic carbocycles. The van der Waals surface area contributed by atoms with Crippen LogP contribution in [-0.4, -0.2) is 22.8 Å². The molecular formula is C16H21N3O2. The average molecular weight is 287 g/mol. The molecule has 112 valence electrons. The number of nitrogen functional groups attached to an aromatic ring is 1. The summed E-state index contributed by atoms with van der Waals surface area (Å²) in [6.07, 6.45) is 1.94. The first-order chi connectivity index (χ1) is 10.0. The van der Waals surface area contributed by atoms with Crippen LogP contribution in [0.25, 0.3) is 11.3 Å². The van der Waals surface area contributed by atoms with Crippen molar-refractivity contribution in [3.63, 3.8) is 0 Å². The predicted octanol–water partition coefficient (Wildman–Crippen LogP) is 2.56. The van der Waals surface area contributed by atoms with Gasteiger partial charge in [0.15, 0.2) is 0 Å². The van der Waals surface area contributed by atoms with Crippen LogP contribution in [0.15, 0.2) is 12.1 Å². The van der Waals surface area contributed by atoms with Gasteiger partial charge >= 0.3 is 0 Å². The van der Waals surface area contributed by atoms with E-state index >= 15 is 0 Å². The molecule has 21 heavy (non-hydrogen) atoms. The van der Waals surface area contributed by atoms with Crippen LogP contribution in [0.5, 0.6) is 11.5 Å². The second-order valence-corrected chi connectivity index (χ2v) is 5.47. The van der Waals surface area contributed by atoms with Crippen molar-refractivity contribution >= 4 is 5.82 Å². The molecule has 0 amide bonds. The van der Waals surface area contributed by atoms with E-state index in [9.17, 15) is 0 Å². The molecule has 1 aromatic heterocycles. The van der Waals surface area contributed by atoms with Crippen molar-refractivity contribution in [3.8, 4) is 22.8 Å². The van der Waals surface area contributed by atoms with Crippen molar-refractivity contribution < 1.29 is 9.47 Å². The number of hydrogen-bond donors (Lipinski definition) is 1. The van der Waals surface area contributed by atoms with Crippen molar-refractivity contribution in [2.45, 2.75) is 32.8 Å². The summed E-state index contributed by atoms with van der Waals surface area (Å²) in [4.78, 5) is 4.65. The first-order valence-electron chi connectivity index (χ1n) is 7.24. The summed E-state index contributed by atoms with van der Waals surface area (Å²) >= 11 is 0. The van der Waals surface area contributed by atoms with Crippen LogP contribution in [0, 0.1) is 0 Å². The number of aromatic nitrogens is 2. The molecule has 1 unspecified atom stereocenters. The maximum absolute atomic E-state index is 6.21. The zero-order valence-electron chi connectivity index (χ0n) is 12.9. The summed E-state index contributed by atoms with van der Waals surface area (Å²) < 4.78 is 13.3. The van der Waals surface area contributed by atoms with Gasteiger partial charge in [0, 0.05) is 31.0 Å². The highest BCUT2D eigenvalue weighted by Crippen LogP contribution is 2.41. The molecule has 1 aliphatic heterocycles. The number of nitrogens with zero attached hydrogens (tertiary/aromatic N) is 2. The second kappa shape index (κ2) is 4.98. The lowest BCUT2D eigenvalue weighted by Gasteiger charge is -2.10. The quantitative estimate of drug-likeness (QED) is 0.942. The molecule has 5 heteroatoms. The summed E-state index contributed by atoms with van der Waals surface area (Å²) in [5.41, 5.74) is 9.03. The number of ether oxygens (including phenoxy) is 2. The van der Waals surface area contributed by atoms with E-state index in [1.165, 1.54) is 5.56 Å². The van der Waals surface area contributed by atoms with Crippen LogP contribution in [0.2, 0.25) is 0 Å². The van der Waals surface area contributed by atoms with Crippen LogP contribution < -0.4 is 15.2 Å². The largest absolute Gasteiger partial charge is 0.496 e. The molecule has 2 heterocycles. The fourth-order valence-electron chi connectivity index (χ4n) is 2.87. The highest BCUT2D eigenvalue weighted by atomic mass is 16.5. The van der Waals surface area contributed by atoms with E-state index in [-0.39, 0.29) is 6.10 Å². The Bertz CT molecular complexity index is 691. The van der Waals surface area contributed by atoms with E-state index in [1.807, 2.05) is 23.7 Å². The number of hydrogen-bond acceptors (Lipinski definition) is 4. The Morgan fingerprint density at radius 1 is 1.48 bits per heavy atom. The summed E-state index contributed by atoms with van der Waals surface area (Å²) in [7, 11) is 3.60. The first kappa shape index (κ1) is 13.8. The molecule has 0 saturated heterocycles. The monoisotopic (exact) mass is 287 g/mol. The minimum absolute atomic E-state index is 0.201. The normalized spacial score (nSPS) is 16.7. The zero-order valence-corrected chi connectivity index (χ0v) is 12.9. The van der Waals surface area contributed by atoms with Gasteiger partial charge in [0.1, 0.15) is 34.9 Å². The van der Waals surface area contributed by atoms with Crippen LogP contribution in [0.4, 0.5) is 5.82 Å². The highest BCUT2D eigenvalue weighted by Gasteiger charge is 2.24. The highest BCUT2D eigenvalue weighted by molar-refractivity contribution is 5.78. The number of imidazole rings is 1. The van der Waals surface area contributed by atoms with Crippen molar-refractivity contribution in [2.75, 3.05) is 12.8 Å². The maximum Gasteiger partial charge on any atom is 0.131 e. The van der Waals surface area contributed by atoms with Gasteiger partial charge in [-0.05, 0) is 19.1 Å². The third-order valence-electron chi connectivity index (χ3n) is 4.02. The molecule has 2 aromatic rings. The molecule has 0 bridgehead atoms. The number of methoxy groups -OCH3 is 1. The smallest absolute Gasteiger partial charge is 0.131 e. The van der Waals surface area contributed by atoms with Gasteiger partial charge in [-0.2, -0.15) is 0 Å². The van der Waals surface area contributed by atoms with E-state index in [1.54, 1.807) is 7.11 Å². The zero-order chi connectivity index (χ0) is 15.1. The average Bonchev–Trinajstić information content (AvgIpc) is 2.97. The molecule has 1 atom stereocenters. The first-order valence-corrected chi connectivity index (χ1v) is 7.24. The van der Waals surface area contributed by atoms with Gasteiger partial charge in [-0.25, -0.2) is 4.98 Å². The summed E-state index contributed by atoms with van der Waals surface area (Å²) in [6, 6.07) is 4.03. The number of nitrogens with two attached hydrogens (primary N) is 1. The Morgan fingerprint density at radius 3 is 2.86 bits per heavy atom. The summed E-state index contributed by atoms with van der Waals surface area (Å²) in [5, 5.41) is 0. The topological polar surface area (TPSA) is 62.3 Å². The second-order valence-electron chi connectivity index (χ2n) is 5.47. The van der Waals surface area contributed by atoms with Gasteiger partial charge in [-0.1, -0.05) is 6.92 Å². The molecular weight excluding hydrogens is 266 g/mol. The number of anilines is 1. The lowest BCUT2D eigenvalue weighted by Crippen LogP contribution is -2.05. The molecule has 1 aromatic carbocycles. The third-order valence-corrected chi connectivity index (χ3v) is 4.02. The Labute approximate surface area is 124 Å². The van der Waals surface area contributed by atoms with Crippen LogP contribution in [0.3, 0.4) is 0 Å². The Hall–Kier alpha value is -2.17. The molecule has 0 fully saturated rings. The van der Waals surface area contributed by atoms with Gasteiger partial charge in [0.05, 0.1) is 7.11 Å². The van der Waals surface area contributed by atoms with Crippen LogP contribution >= 0.6 is 0 Å². The number of rotatable bonds is 3. The van der Waals surface area contributed by atoms with E-state index in [4.69, 9.17) is 15.2 Å². The SMILES string of the molecule is CCc1nc(-c2cc3c(cc2OC)CC(C)O3)c(N)n1C. The van der Waals surface area contributed by atoms with E-state index in [0.717, 1.165) is 41.4 Å². The van der Waals surface area contributed by atoms with E-state index in [0.29, 0.717) is 5.82 Å². The van der Waals surface area contributed by atoms with E-state index in [2.05, 4.69) is 18.8 Å². The van der Waals surface area contributed by atoms with Gasteiger partial charge in [-0.3, -0.25) is 0 Å². The lowest BCUT2D eigenvalue weighted by molar-refractivity contribution is 0.254. The van der Waals surface area contributed by atoms with Crippen LogP contribution in [0.1, 0.15) is 25.2 Å². The van der Waals surface area contributed by atoms with Crippen molar-refractivity contribution in [1.29, 1.82) is 0 Å². The standard InChI is InChI=1S/C16H21N3O2/c1-5-14-18-15(16(17)19(14)3)11-8-12-10(6-9(2)21-12)7-13(11)20-4/h7-9H,5-6,17H2,1-4H3. The van der Waals surface area contributed by atoms with Gasteiger partial charge < -0.3 is 19.8 Å². The Balaban J connectivity index is 2.17. The maximum atomic E-state index is 6.21. The minimum atomic E-state index is 0.201. The molecule has 0 radical (unpaired) electrons. The number of aryl methyl sites for hydroxylation is 1. The van der Waals surface area contributed by atoms with Crippen LogP contribution in [-0.2, 0) is 19.9 Å². The lowest BCUT2D eigenvalue weighted by atomic mass is 10.0. The van der Waals surface area contributed by atoms with Crippen molar-refractivity contribution in [1.82, 2.24) is 9.55 Å². The molecule has 3 rings (SSSR count). The number of fused-ring (bicyclic) bond motifs is 1. The predicted molar refractivity (Wildman–Crippen MR) is 82.8 cm³/mol. The van der Waals surface area contributed by atoms with Crippen molar-refractivity contribution in [2.24, 2.45) is 7.05 Å². The fraction of sp³-hybridized carbons (Fsp3) is 0.438. The Morgan fingerprint density at radius 2 is 2.24 bits per heavy atom. The van der Waals surface area contributed by atoms with Gasteiger partial charge in [0.25, 0.3) is 0 Å². The van der Waals surface area contributed by atoms with Gasteiger partial charge in [-0.15, -0.1) is 0 Å². The molecule has 1 aliphatic rings. The third kappa shape index (κ3) is 2.13. The molecule has 0 saturated carbocycles. The summed E-state index contributed by atoms with van der Waals surface area (Å²) in [5.74, 6) is 3.30. The minimum Gasteiger partial charge on any atom is -0.496 e. The summed E-state index contributed by atoms with van der Waals surface area (Å²) in [6.45, 7) is 4.13. The Kier molecular flexibility index (Phi) is 3.27.